The zero-order chi connectivity index (χ0) is 6.69. The molecule has 0 aliphatic heterocycles. The number of hydrogen-bond acceptors (Lipinski definition) is 2. The third-order valence-electron chi connectivity index (χ3n) is 1.59. The van der Waals surface area contributed by atoms with Crippen LogP contribution in [0.1, 0.15) is 19.3 Å². The van der Waals surface area contributed by atoms with Gasteiger partial charge in [-0.2, -0.15) is 0 Å². The number of hydrogen-bond donors (Lipinski definition) is 0. The van der Waals surface area contributed by atoms with Crippen LogP contribution in [0.5, 0.6) is 0 Å². The summed E-state index contributed by atoms with van der Waals surface area (Å²) in [7, 11) is 0. The predicted octanol–water partition coefficient (Wildman–Crippen LogP) is 0.865. The molecule has 0 heterocycles. The Kier molecular flexibility index (Phi) is 1.78. The lowest BCUT2D eigenvalue weighted by atomic mass is 10.2. The van der Waals surface area contributed by atoms with Crippen LogP contribution in [0.25, 0.3) is 0 Å². The van der Waals surface area contributed by atoms with Crippen LogP contribution in [0, 0.1) is 0 Å². The number of allylic oxidation sites excluding steroid dienone is 2. The van der Waals surface area contributed by atoms with E-state index in [-0.39, 0.29) is 0 Å². The molecule has 2 nitrogen and oxygen atoms in total. The van der Waals surface area contributed by atoms with Crippen molar-refractivity contribution in [1.29, 1.82) is 0 Å². The first-order valence-electron chi connectivity index (χ1n) is 3.01. The van der Waals surface area contributed by atoms with E-state index in [9.17, 15) is 9.59 Å². The topological polar surface area (TPSA) is 34.1 Å². The summed E-state index contributed by atoms with van der Waals surface area (Å²) in [5.41, 5.74) is 1.40. The number of carbonyl (C=O) groups is 2. The molecule has 1 rings (SSSR count). The molecule has 0 aromatic carbocycles. The van der Waals surface area contributed by atoms with Crippen molar-refractivity contribution in [1.82, 2.24) is 0 Å². The van der Waals surface area contributed by atoms with Gasteiger partial charge in [-0.1, -0.05) is 0 Å². The molecule has 1 aliphatic rings. The fraction of sp³-hybridized carbons (Fsp3) is 0.429. The van der Waals surface area contributed by atoms with Crippen LogP contribution in [0.3, 0.4) is 0 Å². The minimum absolute atomic E-state index is 0.699. The van der Waals surface area contributed by atoms with Crippen molar-refractivity contribution in [3.63, 3.8) is 0 Å². The average Bonchev–Trinajstić information content (AvgIpc) is 2.33. The SMILES string of the molecule is O=CC1=C(C=O)CCC1. The maximum atomic E-state index is 10.2. The Balaban J connectivity index is 2.81. The summed E-state index contributed by atoms with van der Waals surface area (Å²) in [6, 6.07) is 0. The molecule has 0 aromatic heterocycles. The fourth-order valence-corrected chi connectivity index (χ4v) is 1.06. The molecule has 0 fully saturated rings. The molecule has 2 heteroatoms. The minimum Gasteiger partial charge on any atom is -0.298 e. The van der Waals surface area contributed by atoms with Crippen LogP contribution < -0.4 is 0 Å². The normalized spacial score (nSPS) is 18.2. The molecule has 48 valence electrons. The Hall–Kier alpha value is -0.920. The Morgan fingerprint density at radius 1 is 1.00 bits per heavy atom. The maximum Gasteiger partial charge on any atom is 0.146 e. The molecule has 0 radical (unpaired) electrons. The van der Waals surface area contributed by atoms with Gasteiger partial charge in [-0.05, 0) is 30.4 Å². The molecule has 0 aromatic rings. The van der Waals surface area contributed by atoms with E-state index in [0.29, 0.717) is 11.1 Å². The van der Waals surface area contributed by atoms with Crippen molar-refractivity contribution in [2.24, 2.45) is 0 Å². The van der Waals surface area contributed by atoms with E-state index in [1.807, 2.05) is 0 Å². The van der Waals surface area contributed by atoms with Crippen molar-refractivity contribution in [2.75, 3.05) is 0 Å². The lowest BCUT2D eigenvalue weighted by Gasteiger charge is -1.85. The highest BCUT2D eigenvalue weighted by Gasteiger charge is 2.11. The van der Waals surface area contributed by atoms with Gasteiger partial charge in [0.2, 0.25) is 0 Å². The van der Waals surface area contributed by atoms with Crippen molar-refractivity contribution in [3.8, 4) is 0 Å². The molecule has 0 atom stereocenters. The monoisotopic (exact) mass is 124 g/mol. The van der Waals surface area contributed by atoms with Gasteiger partial charge in [0.25, 0.3) is 0 Å². The number of rotatable bonds is 2. The van der Waals surface area contributed by atoms with E-state index < -0.39 is 0 Å². The lowest BCUT2D eigenvalue weighted by molar-refractivity contribution is -0.107. The first kappa shape index (κ1) is 6.20. The molecule has 0 saturated carbocycles. The van der Waals surface area contributed by atoms with Crippen LogP contribution in [-0.2, 0) is 9.59 Å². The van der Waals surface area contributed by atoms with Crippen molar-refractivity contribution in [2.45, 2.75) is 19.3 Å². The quantitative estimate of drug-likeness (QED) is 0.512. The molecule has 9 heavy (non-hydrogen) atoms. The predicted molar refractivity (Wildman–Crippen MR) is 33.0 cm³/mol. The Labute approximate surface area is 53.6 Å². The molecule has 1 aliphatic carbocycles. The van der Waals surface area contributed by atoms with E-state index in [1.165, 1.54) is 0 Å². The fourth-order valence-electron chi connectivity index (χ4n) is 1.06. The van der Waals surface area contributed by atoms with Crippen molar-refractivity contribution >= 4 is 12.6 Å². The second-order valence-corrected chi connectivity index (χ2v) is 2.14. The van der Waals surface area contributed by atoms with Crippen LogP contribution in [0.4, 0.5) is 0 Å². The molecule has 0 bridgehead atoms. The Morgan fingerprint density at radius 3 is 1.78 bits per heavy atom. The highest BCUT2D eigenvalue weighted by molar-refractivity contribution is 5.87. The summed E-state index contributed by atoms with van der Waals surface area (Å²) in [6.07, 6.45) is 4.12. The zero-order valence-electron chi connectivity index (χ0n) is 5.09. The summed E-state index contributed by atoms with van der Waals surface area (Å²) >= 11 is 0. The van der Waals surface area contributed by atoms with Crippen LogP contribution in [0.2, 0.25) is 0 Å². The molecule has 0 unspecified atom stereocenters. The molecule has 0 spiro atoms. The van der Waals surface area contributed by atoms with Gasteiger partial charge >= 0.3 is 0 Å². The van der Waals surface area contributed by atoms with E-state index in [0.717, 1.165) is 31.8 Å². The smallest absolute Gasteiger partial charge is 0.146 e. The third kappa shape index (κ3) is 1.07. The highest BCUT2D eigenvalue weighted by Crippen LogP contribution is 2.21. The summed E-state index contributed by atoms with van der Waals surface area (Å²) in [5, 5.41) is 0. The second kappa shape index (κ2) is 2.58. The summed E-state index contributed by atoms with van der Waals surface area (Å²) in [6.45, 7) is 0. The van der Waals surface area contributed by atoms with Gasteiger partial charge in [-0.15, -0.1) is 0 Å². The number of carbonyl (C=O) groups excluding carboxylic acids is 2. The van der Waals surface area contributed by atoms with E-state index in [2.05, 4.69) is 0 Å². The van der Waals surface area contributed by atoms with Gasteiger partial charge in [0, 0.05) is 0 Å². The van der Waals surface area contributed by atoms with Gasteiger partial charge in [0.05, 0.1) is 0 Å². The van der Waals surface area contributed by atoms with Gasteiger partial charge in [0.1, 0.15) is 12.6 Å². The molecule has 0 N–H and O–H groups in total. The standard InChI is InChI=1S/C7H8O2/c8-4-6-2-1-3-7(6)5-9/h4-5H,1-3H2. The Morgan fingerprint density at radius 2 is 1.44 bits per heavy atom. The lowest BCUT2D eigenvalue weighted by Crippen LogP contribution is -1.84. The Bertz CT molecular complexity index is 150. The van der Waals surface area contributed by atoms with Crippen LogP contribution in [-0.4, -0.2) is 12.6 Å². The van der Waals surface area contributed by atoms with Gasteiger partial charge in [-0.25, -0.2) is 0 Å². The average molecular weight is 124 g/mol. The van der Waals surface area contributed by atoms with Crippen LogP contribution in [0.15, 0.2) is 11.1 Å². The molecule has 0 saturated heterocycles. The van der Waals surface area contributed by atoms with Gasteiger partial charge in [-0.3, -0.25) is 9.59 Å². The maximum absolute atomic E-state index is 10.2. The van der Waals surface area contributed by atoms with Gasteiger partial charge in [0.15, 0.2) is 0 Å². The largest absolute Gasteiger partial charge is 0.298 e. The summed E-state index contributed by atoms with van der Waals surface area (Å²) in [5.74, 6) is 0. The van der Waals surface area contributed by atoms with Gasteiger partial charge < -0.3 is 0 Å². The van der Waals surface area contributed by atoms with Crippen molar-refractivity contribution < 1.29 is 9.59 Å². The molecular weight excluding hydrogens is 116 g/mol. The first-order valence-corrected chi connectivity index (χ1v) is 3.01. The summed E-state index contributed by atoms with van der Waals surface area (Å²) in [4.78, 5) is 20.3. The third-order valence-corrected chi connectivity index (χ3v) is 1.59. The number of aldehydes is 2. The van der Waals surface area contributed by atoms with Crippen LogP contribution >= 0.6 is 0 Å². The van der Waals surface area contributed by atoms with E-state index in [1.54, 1.807) is 0 Å². The van der Waals surface area contributed by atoms with Crippen molar-refractivity contribution in [3.05, 3.63) is 11.1 Å². The minimum atomic E-state index is 0.699. The first-order chi connectivity index (χ1) is 4.38. The van der Waals surface area contributed by atoms with E-state index in [4.69, 9.17) is 0 Å². The summed E-state index contributed by atoms with van der Waals surface area (Å²) < 4.78 is 0. The second-order valence-electron chi connectivity index (χ2n) is 2.14. The molecular formula is C7H8O2. The zero-order valence-corrected chi connectivity index (χ0v) is 5.09. The molecule has 0 amide bonds. The highest BCUT2D eigenvalue weighted by atomic mass is 16.1. The van der Waals surface area contributed by atoms with E-state index >= 15 is 0 Å².